The number of carbonyl (C=O) groups excluding carboxylic acids is 2. The molecule has 1 heterocycles. The lowest BCUT2D eigenvalue weighted by atomic mass is 9.89. The van der Waals surface area contributed by atoms with Crippen LogP contribution in [0.1, 0.15) is 22.3 Å². The van der Waals surface area contributed by atoms with Crippen LogP contribution in [-0.4, -0.2) is 69.3 Å². The molecule has 0 amide bonds. The van der Waals surface area contributed by atoms with Crippen molar-refractivity contribution in [2.24, 2.45) is 20.2 Å². The predicted octanol–water partition coefficient (Wildman–Crippen LogP) is 6.14. The van der Waals surface area contributed by atoms with E-state index in [1.54, 1.807) is 72.8 Å². The van der Waals surface area contributed by atoms with Crippen molar-refractivity contribution in [2.45, 2.75) is 0 Å². The number of nitrogens with zero attached hydrogens (tertiary/aromatic N) is 6. The first-order valence-electron chi connectivity index (χ1n) is 15.6. The van der Waals surface area contributed by atoms with Gasteiger partial charge in [-0.25, -0.2) is 0 Å². The van der Waals surface area contributed by atoms with Crippen LogP contribution in [0.15, 0.2) is 133 Å². The molecule has 0 radical (unpaired) electrons. The van der Waals surface area contributed by atoms with Crippen molar-refractivity contribution in [3.8, 4) is 22.9 Å². The Bertz CT molecular complexity index is 2220. The topological polar surface area (TPSA) is 187 Å². The van der Waals surface area contributed by atoms with Gasteiger partial charge in [0.15, 0.2) is 0 Å². The van der Waals surface area contributed by atoms with E-state index in [-0.39, 0.29) is 34.4 Å². The van der Waals surface area contributed by atoms with Gasteiger partial charge in [0.1, 0.15) is 11.4 Å². The second-order valence-electron chi connectivity index (χ2n) is 11.3. The number of fused-ring (bicyclic) bond motifs is 2. The number of aromatic nitrogens is 2. The van der Waals surface area contributed by atoms with E-state index >= 15 is 0 Å². The summed E-state index contributed by atoms with van der Waals surface area (Å²) >= 11 is 0. The van der Waals surface area contributed by atoms with Crippen molar-refractivity contribution >= 4 is 58.3 Å². The Labute approximate surface area is 290 Å². The molecule has 4 aromatic carbocycles. The Morgan fingerprint density at radius 3 is 1.37 bits per heavy atom. The van der Waals surface area contributed by atoms with E-state index in [9.17, 15) is 19.8 Å². The highest BCUT2D eigenvalue weighted by Gasteiger charge is 2.30. The van der Waals surface area contributed by atoms with Gasteiger partial charge in [0.2, 0.25) is 35.1 Å². The molecule has 2 aliphatic rings. The summed E-state index contributed by atoms with van der Waals surface area (Å²) < 4.78 is 5.95. The van der Waals surface area contributed by atoms with Crippen molar-refractivity contribution in [3.63, 3.8) is 0 Å². The van der Waals surface area contributed by atoms with E-state index in [1.807, 2.05) is 36.4 Å². The fourth-order valence-corrected chi connectivity index (χ4v) is 5.49. The summed E-state index contributed by atoms with van der Waals surface area (Å²) in [6.07, 6.45) is 3.19. The SMILES string of the molecule is CN=C(O)C1=Cc2ccccc2C(=NNc2ccc(-c3nnc(-c4ccc(NN=C5C(=O)C(C(O)=NC)=Cc6ccccc65)cc4)o3)cc2)C1=O. The van der Waals surface area contributed by atoms with E-state index in [4.69, 9.17) is 4.42 Å². The smallest absolute Gasteiger partial charge is 0.248 e. The number of benzene rings is 4. The number of hydrogen-bond donors (Lipinski definition) is 4. The molecule has 250 valence electrons. The van der Waals surface area contributed by atoms with Gasteiger partial charge in [0, 0.05) is 36.3 Å². The first-order valence-corrected chi connectivity index (χ1v) is 15.6. The highest BCUT2D eigenvalue weighted by atomic mass is 16.4. The third-order valence-electron chi connectivity index (χ3n) is 8.14. The van der Waals surface area contributed by atoms with Crippen LogP contribution in [0.2, 0.25) is 0 Å². The highest BCUT2D eigenvalue weighted by molar-refractivity contribution is 6.59. The number of nitrogens with one attached hydrogen (secondary N) is 2. The molecular weight excluding hydrogens is 648 g/mol. The molecule has 4 N–H and O–H groups in total. The quantitative estimate of drug-likeness (QED) is 0.0850. The molecule has 0 unspecified atom stereocenters. The molecule has 51 heavy (non-hydrogen) atoms. The second kappa shape index (κ2) is 13.7. The number of anilines is 2. The maximum Gasteiger partial charge on any atom is 0.248 e. The van der Waals surface area contributed by atoms with Crippen LogP contribution in [0, 0.1) is 0 Å². The number of ketones is 2. The van der Waals surface area contributed by atoms with E-state index in [2.05, 4.69) is 41.2 Å². The average molecular weight is 677 g/mol. The predicted molar refractivity (Wildman–Crippen MR) is 196 cm³/mol. The molecule has 0 bridgehead atoms. The summed E-state index contributed by atoms with van der Waals surface area (Å²) in [6, 6.07) is 28.7. The van der Waals surface area contributed by atoms with Crippen LogP contribution in [-0.2, 0) is 9.59 Å². The molecule has 5 aromatic rings. The summed E-state index contributed by atoms with van der Waals surface area (Å²) in [4.78, 5) is 33.8. The van der Waals surface area contributed by atoms with Crippen molar-refractivity contribution in [1.82, 2.24) is 10.2 Å². The molecule has 0 saturated heterocycles. The summed E-state index contributed by atoms with van der Waals surface area (Å²) in [7, 11) is 2.82. The van der Waals surface area contributed by atoms with Gasteiger partial charge in [-0.15, -0.1) is 10.2 Å². The minimum atomic E-state index is -0.448. The maximum absolute atomic E-state index is 13.1. The minimum absolute atomic E-state index is 0.0672. The van der Waals surface area contributed by atoms with Gasteiger partial charge in [0.25, 0.3) is 0 Å². The lowest BCUT2D eigenvalue weighted by Crippen LogP contribution is -2.27. The first kappa shape index (κ1) is 32.3. The summed E-state index contributed by atoms with van der Waals surface area (Å²) in [5, 5.41) is 37.5. The van der Waals surface area contributed by atoms with Gasteiger partial charge in [-0.3, -0.25) is 30.4 Å². The highest BCUT2D eigenvalue weighted by Crippen LogP contribution is 2.28. The first-order chi connectivity index (χ1) is 24.8. The monoisotopic (exact) mass is 676 g/mol. The molecule has 0 aliphatic heterocycles. The Kier molecular flexibility index (Phi) is 8.66. The molecule has 0 saturated carbocycles. The molecule has 0 fully saturated rings. The van der Waals surface area contributed by atoms with Crippen LogP contribution in [0.25, 0.3) is 35.1 Å². The van der Waals surface area contributed by atoms with Gasteiger partial charge in [-0.1, -0.05) is 48.5 Å². The van der Waals surface area contributed by atoms with Crippen LogP contribution in [0.5, 0.6) is 0 Å². The normalized spacial score (nSPS) is 16.0. The van der Waals surface area contributed by atoms with E-state index in [0.29, 0.717) is 45.4 Å². The molecule has 0 spiro atoms. The Morgan fingerprint density at radius 1 is 0.588 bits per heavy atom. The van der Waals surface area contributed by atoms with Crippen LogP contribution in [0.4, 0.5) is 11.4 Å². The van der Waals surface area contributed by atoms with Crippen LogP contribution < -0.4 is 10.9 Å². The van der Waals surface area contributed by atoms with Gasteiger partial charge >= 0.3 is 0 Å². The number of carbonyl (C=O) groups is 2. The molecular formula is C38H28N8O5. The number of Topliss-reactive ketones (excluding diaryl/α,β-unsaturated/α-hetero) is 2. The standard InChI is InChI=1S/C38H28N8O5/c1-39-35(49)29-19-23-7-3-5-9-27(23)31(33(29)47)43-41-25-15-11-21(12-16-25)37-45-46-38(51-37)22-13-17-26(18-14-22)42-44-32-28-10-6-4-8-24(28)20-30(34(32)48)36(50)40-2/h3-20,41-42H,1-2H3,(H,39,49)(H,40,50). The number of hydrazone groups is 2. The average Bonchev–Trinajstić information content (AvgIpc) is 3.67. The van der Waals surface area contributed by atoms with E-state index in [1.165, 1.54) is 14.1 Å². The Hall–Kier alpha value is -7.28. The number of rotatable bonds is 8. The molecule has 1 aromatic heterocycles. The lowest BCUT2D eigenvalue weighted by Gasteiger charge is -2.16. The summed E-state index contributed by atoms with van der Waals surface area (Å²) in [5.74, 6) is -1.01. The third-order valence-corrected chi connectivity index (χ3v) is 8.14. The zero-order valence-electron chi connectivity index (χ0n) is 27.2. The maximum atomic E-state index is 13.1. The van der Waals surface area contributed by atoms with E-state index < -0.39 is 11.6 Å². The van der Waals surface area contributed by atoms with Crippen molar-refractivity contribution in [1.29, 1.82) is 0 Å². The van der Waals surface area contributed by atoms with Crippen LogP contribution in [0.3, 0.4) is 0 Å². The van der Waals surface area contributed by atoms with Crippen molar-refractivity contribution in [2.75, 3.05) is 24.9 Å². The Balaban J connectivity index is 1.04. The summed E-state index contributed by atoms with van der Waals surface area (Å²) in [5.41, 5.74) is 11.6. The zero-order valence-corrected chi connectivity index (χ0v) is 27.2. The Morgan fingerprint density at radius 2 is 0.980 bits per heavy atom. The number of aliphatic hydroxyl groups is 2. The summed E-state index contributed by atoms with van der Waals surface area (Å²) in [6.45, 7) is 0. The molecule has 13 nitrogen and oxygen atoms in total. The second-order valence-corrected chi connectivity index (χ2v) is 11.3. The number of aliphatic hydroxyl groups excluding tert-OH is 2. The molecule has 7 rings (SSSR count). The van der Waals surface area contributed by atoms with Gasteiger partial charge in [0.05, 0.1) is 22.5 Å². The molecule has 2 aliphatic carbocycles. The van der Waals surface area contributed by atoms with Crippen molar-refractivity contribution < 1.29 is 24.2 Å². The molecule has 0 atom stereocenters. The number of aliphatic imine (C=N–C) groups is 2. The van der Waals surface area contributed by atoms with Gasteiger partial charge in [-0.05, 0) is 71.8 Å². The minimum Gasteiger partial charge on any atom is -0.493 e. The van der Waals surface area contributed by atoms with Crippen LogP contribution >= 0.6 is 0 Å². The largest absolute Gasteiger partial charge is 0.493 e. The molecule has 13 heteroatoms. The lowest BCUT2D eigenvalue weighted by molar-refractivity contribution is -0.110. The van der Waals surface area contributed by atoms with Gasteiger partial charge in [-0.2, -0.15) is 10.2 Å². The van der Waals surface area contributed by atoms with Crippen molar-refractivity contribution in [3.05, 3.63) is 130 Å². The third kappa shape index (κ3) is 6.34. The van der Waals surface area contributed by atoms with Gasteiger partial charge < -0.3 is 14.6 Å². The fourth-order valence-electron chi connectivity index (χ4n) is 5.49. The fraction of sp³-hybridized carbons (Fsp3) is 0.0526. The van der Waals surface area contributed by atoms with E-state index in [0.717, 1.165) is 11.1 Å². The number of hydrogen-bond acceptors (Lipinski definition) is 11. The zero-order chi connectivity index (χ0) is 35.5.